The van der Waals surface area contributed by atoms with Gasteiger partial charge in [0, 0.05) is 7.05 Å². The van der Waals surface area contributed by atoms with Crippen molar-refractivity contribution in [2.75, 3.05) is 55.2 Å². The number of azo groups is 3. The number of rotatable bonds is 29. The highest BCUT2D eigenvalue weighted by molar-refractivity contribution is 7.92. The second-order valence-electron chi connectivity index (χ2n) is 13.5. The molecule has 4 aromatic carbocycles. The quantitative estimate of drug-likeness (QED) is 0.00708. The smallest absolute Gasteiger partial charge is 0.395 e. The SMILES string of the molecule is CNc1c(/N=N/c2ccc(S(=O)(=O)CCOSOOO)cc2S(=O)(=O)O)cc(/N=N/c2ccc(S(=O)(=O)CCOSOOO)cc2S(=O)(=O)O)c(N)c1/N=N/c1ccc(S(=O)(=O)CCOS(=O)(=O)O)cc1S(=O)(=O)O. The Hall–Kier alpha value is -4.89. The van der Waals surface area contributed by atoms with Crippen LogP contribution in [-0.4, -0.2) is 132 Å². The number of nitrogen functional groups attached to an aromatic ring is 1. The molecule has 0 aromatic heterocycles. The molecule has 0 atom stereocenters. The van der Waals surface area contributed by atoms with Crippen LogP contribution >= 0.6 is 24.6 Å². The second kappa shape index (κ2) is 26.0. The van der Waals surface area contributed by atoms with Crippen molar-refractivity contribution in [3.8, 4) is 0 Å². The first kappa shape index (κ1) is 62.6. The molecule has 0 fully saturated rings. The van der Waals surface area contributed by atoms with Crippen molar-refractivity contribution in [1.29, 1.82) is 0 Å². The Labute approximate surface area is 432 Å². The van der Waals surface area contributed by atoms with Gasteiger partial charge in [-0.1, -0.05) is 10.1 Å². The molecule has 414 valence electrons. The topological polar surface area (TPSA) is 537 Å². The van der Waals surface area contributed by atoms with Crippen molar-refractivity contribution in [2.45, 2.75) is 29.4 Å². The lowest BCUT2D eigenvalue weighted by Crippen LogP contribution is -2.16. The van der Waals surface area contributed by atoms with E-state index in [0.717, 1.165) is 36.4 Å². The standard InChI is InChI=1S/C31H34N8O27S9/c1-33-30-25(38-35-22-6-3-19(15-27(22)73(51,52)53)70(44,45)12-9-61-68-66-64-41)17-24(37-34-21-5-2-18(14-26(21)72(48,49)50)69(42,43)11-8-60-67-65-63-40)29(32)31(30)39-36-23-7-4-20(16-28(23)74(54,55)56)71(46,47)13-10-62-75(57,58)59/h2-7,14-17,33,40-41H,8-13,32H2,1H3,(H,48,49,50)(H,51,52,53)(H,54,55,56)(H,57,58,59)/b37-34+,38-35+,39-36+. The minimum absolute atomic E-state index is 0.0376. The maximum absolute atomic E-state index is 13.0. The van der Waals surface area contributed by atoms with Gasteiger partial charge < -0.3 is 11.1 Å². The summed E-state index contributed by atoms with van der Waals surface area (Å²) in [5, 5.41) is 48.5. The van der Waals surface area contributed by atoms with E-state index < -0.39 is 177 Å². The highest BCUT2D eigenvalue weighted by Crippen LogP contribution is 2.48. The van der Waals surface area contributed by atoms with Crippen LogP contribution in [0.4, 0.5) is 45.5 Å². The lowest BCUT2D eigenvalue weighted by molar-refractivity contribution is -0.434. The molecule has 35 nitrogen and oxygen atoms in total. The molecule has 0 bridgehead atoms. The first-order valence-electron chi connectivity index (χ1n) is 18.8. The molecule has 0 spiro atoms. The van der Waals surface area contributed by atoms with Crippen LogP contribution in [-0.2, 0) is 102 Å². The maximum atomic E-state index is 13.0. The normalized spacial score (nSPS) is 13.4. The molecule has 75 heavy (non-hydrogen) atoms. The van der Waals surface area contributed by atoms with Crippen molar-refractivity contribution in [1.82, 2.24) is 0 Å². The zero-order valence-electron chi connectivity index (χ0n) is 36.7. The summed E-state index contributed by atoms with van der Waals surface area (Å²) in [6.07, 6.45) is 0. The number of sulfone groups is 3. The average Bonchev–Trinajstić information content (AvgIpc) is 3.30. The van der Waals surface area contributed by atoms with Crippen LogP contribution < -0.4 is 11.1 Å². The van der Waals surface area contributed by atoms with Gasteiger partial charge in [0.25, 0.3) is 30.4 Å². The van der Waals surface area contributed by atoms with Crippen LogP contribution in [0, 0.1) is 0 Å². The molecule has 0 aliphatic carbocycles. The van der Waals surface area contributed by atoms with E-state index in [1.54, 1.807) is 0 Å². The van der Waals surface area contributed by atoms with Crippen molar-refractivity contribution in [2.24, 2.45) is 30.7 Å². The van der Waals surface area contributed by atoms with E-state index in [1.807, 2.05) is 0 Å². The van der Waals surface area contributed by atoms with E-state index in [9.17, 15) is 72.6 Å². The minimum atomic E-state index is -5.42. The van der Waals surface area contributed by atoms with E-state index in [-0.39, 0.29) is 30.3 Å². The van der Waals surface area contributed by atoms with Crippen LogP contribution in [0.5, 0.6) is 0 Å². The third-order valence-electron chi connectivity index (χ3n) is 8.71. The highest BCUT2D eigenvalue weighted by atomic mass is 32.3. The Morgan fingerprint density at radius 2 is 0.840 bits per heavy atom. The Balaban J connectivity index is 1.95. The highest BCUT2D eigenvalue weighted by Gasteiger charge is 2.27. The summed E-state index contributed by atoms with van der Waals surface area (Å²) in [5.74, 6) is -2.79. The van der Waals surface area contributed by atoms with Gasteiger partial charge in [-0.3, -0.25) is 26.6 Å². The minimum Gasteiger partial charge on any atom is -0.395 e. The molecule has 9 N–H and O–H groups in total. The van der Waals surface area contributed by atoms with Gasteiger partial charge >= 0.3 is 10.4 Å². The third kappa shape index (κ3) is 18.1. The molecule has 0 amide bonds. The van der Waals surface area contributed by atoms with Gasteiger partial charge in [0.15, 0.2) is 54.2 Å². The summed E-state index contributed by atoms with van der Waals surface area (Å²) in [6, 6.07) is 6.93. The van der Waals surface area contributed by atoms with Gasteiger partial charge in [0.1, 0.15) is 48.8 Å². The fraction of sp³-hybridized carbons (Fsp3) is 0.226. The Morgan fingerprint density at radius 1 is 0.493 bits per heavy atom. The van der Waals surface area contributed by atoms with Gasteiger partial charge in [-0.25, -0.2) is 40.0 Å². The summed E-state index contributed by atoms with van der Waals surface area (Å²) in [7, 11) is -33.4. The zero-order chi connectivity index (χ0) is 56.2. The fourth-order valence-corrected chi connectivity index (χ4v) is 12.0. The van der Waals surface area contributed by atoms with Gasteiger partial charge in [0.2, 0.25) is 0 Å². The van der Waals surface area contributed by atoms with Crippen molar-refractivity contribution in [3.05, 3.63) is 60.7 Å². The molecule has 0 aliphatic heterocycles. The molecule has 0 radical (unpaired) electrons. The third-order valence-corrected chi connectivity index (χ3v) is 17.6. The summed E-state index contributed by atoms with van der Waals surface area (Å²) in [4.78, 5) is -5.77. The van der Waals surface area contributed by atoms with E-state index in [2.05, 4.69) is 58.9 Å². The van der Waals surface area contributed by atoms with E-state index in [4.69, 9.17) is 29.2 Å². The Morgan fingerprint density at radius 3 is 1.19 bits per heavy atom. The van der Waals surface area contributed by atoms with Crippen LogP contribution in [0.25, 0.3) is 0 Å². The summed E-state index contributed by atoms with van der Waals surface area (Å²) < 4.78 is 235. The predicted octanol–water partition coefficient (Wildman–Crippen LogP) is 4.44. The molecule has 0 unspecified atom stereocenters. The van der Waals surface area contributed by atoms with Gasteiger partial charge in [-0.05, 0) is 60.7 Å². The maximum Gasteiger partial charge on any atom is 0.397 e. The molecular formula is C31H34N8O27S9. The Kier molecular flexibility index (Phi) is 21.7. The number of nitrogens with one attached hydrogen (secondary N) is 1. The van der Waals surface area contributed by atoms with Crippen molar-refractivity contribution < 1.29 is 119 Å². The van der Waals surface area contributed by atoms with E-state index >= 15 is 0 Å². The average molecular weight is 1240 g/mol. The monoisotopic (exact) mass is 1240 g/mol. The van der Waals surface area contributed by atoms with Crippen molar-refractivity contribution in [3.63, 3.8) is 0 Å². The molecular weight excluding hydrogens is 1200 g/mol. The number of benzene rings is 4. The van der Waals surface area contributed by atoms with E-state index in [0.29, 0.717) is 24.3 Å². The van der Waals surface area contributed by atoms with Gasteiger partial charge in [-0.15, -0.1) is 39.4 Å². The second-order valence-corrected chi connectivity index (χ2v) is 26.1. The van der Waals surface area contributed by atoms with Crippen LogP contribution in [0.1, 0.15) is 0 Å². The van der Waals surface area contributed by atoms with Gasteiger partial charge in [0.05, 0.1) is 63.1 Å². The summed E-state index contributed by atoms with van der Waals surface area (Å²) in [6.45, 7) is -2.35. The molecule has 0 aliphatic rings. The molecule has 4 rings (SSSR count). The fourth-order valence-electron chi connectivity index (χ4n) is 5.44. The predicted molar refractivity (Wildman–Crippen MR) is 252 cm³/mol. The first-order valence-corrected chi connectivity index (χ1v) is 30.8. The lowest BCUT2D eigenvalue weighted by atomic mass is 10.1. The Bertz CT molecular complexity index is 3680. The molecule has 0 saturated heterocycles. The largest absolute Gasteiger partial charge is 0.397 e. The molecule has 4 aromatic rings. The zero-order valence-corrected chi connectivity index (χ0v) is 44.1. The number of hydrogen-bond acceptors (Lipinski definition) is 33. The molecule has 44 heteroatoms. The lowest BCUT2D eigenvalue weighted by Gasteiger charge is -2.13. The number of nitrogens with two attached hydrogens (primary N) is 1. The summed E-state index contributed by atoms with van der Waals surface area (Å²) in [5.41, 5.74) is 1.28. The molecule has 0 saturated carbocycles. The first-order chi connectivity index (χ1) is 34.8. The number of nitrogens with zero attached hydrogens (tertiary/aromatic N) is 6. The van der Waals surface area contributed by atoms with Crippen LogP contribution in [0.2, 0.25) is 0 Å². The van der Waals surface area contributed by atoms with Gasteiger partial charge in [-0.2, -0.15) is 33.7 Å². The van der Waals surface area contributed by atoms with Crippen molar-refractivity contribution >= 4 is 140 Å². The van der Waals surface area contributed by atoms with E-state index in [1.165, 1.54) is 7.05 Å². The molecule has 0 heterocycles. The number of hydrogen-bond donors (Lipinski definition) is 8. The number of anilines is 2. The van der Waals surface area contributed by atoms with Crippen LogP contribution in [0.15, 0.2) is 121 Å². The van der Waals surface area contributed by atoms with Crippen LogP contribution in [0.3, 0.4) is 0 Å². The summed E-state index contributed by atoms with van der Waals surface area (Å²) >= 11 is 0.0769.